The number of ether oxygens (including phenoxy) is 1. The Kier molecular flexibility index (Phi) is 5.27. The van der Waals surface area contributed by atoms with Gasteiger partial charge in [0.05, 0.1) is 13.2 Å². The van der Waals surface area contributed by atoms with Crippen molar-refractivity contribution in [3.63, 3.8) is 0 Å². The summed E-state index contributed by atoms with van der Waals surface area (Å²) in [6.45, 7) is 2.61. The highest BCUT2D eigenvalue weighted by Gasteiger charge is 2.28. The van der Waals surface area contributed by atoms with Crippen molar-refractivity contribution in [2.45, 2.75) is 19.3 Å². The number of aldehydes is 1. The molecule has 1 atom stereocenters. The molecule has 1 heterocycles. The number of allylic oxidation sites excluding steroid dienone is 2. The third-order valence-electron chi connectivity index (χ3n) is 5.75. The van der Waals surface area contributed by atoms with Crippen molar-refractivity contribution in [2.24, 2.45) is 5.92 Å². The van der Waals surface area contributed by atoms with Gasteiger partial charge in [-0.1, -0.05) is 30.2 Å². The van der Waals surface area contributed by atoms with E-state index in [0.717, 1.165) is 41.9 Å². The van der Waals surface area contributed by atoms with Crippen LogP contribution in [0.5, 0.6) is 0 Å². The number of nitrogens with zero attached hydrogens (tertiary/aromatic N) is 1. The number of morpholine rings is 1. The van der Waals surface area contributed by atoms with Gasteiger partial charge in [-0.25, -0.2) is 0 Å². The Morgan fingerprint density at radius 3 is 2.75 bits per heavy atom. The average molecular weight is 373 g/mol. The zero-order valence-corrected chi connectivity index (χ0v) is 15.8. The minimum atomic E-state index is 0.0105. The van der Waals surface area contributed by atoms with Crippen LogP contribution in [0.2, 0.25) is 0 Å². The molecular formula is C24H23NO3. The van der Waals surface area contributed by atoms with Crippen molar-refractivity contribution >= 4 is 28.5 Å². The lowest BCUT2D eigenvalue weighted by molar-refractivity contribution is -0.139. The van der Waals surface area contributed by atoms with Gasteiger partial charge in [-0.05, 0) is 53.3 Å². The minimum absolute atomic E-state index is 0.0105. The van der Waals surface area contributed by atoms with E-state index in [1.165, 1.54) is 5.57 Å². The molecule has 0 aromatic heterocycles. The van der Waals surface area contributed by atoms with Gasteiger partial charge in [-0.3, -0.25) is 9.59 Å². The van der Waals surface area contributed by atoms with Gasteiger partial charge in [0.1, 0.15) is 0 Å². The molecule has 2 aromatic carbocycles. The Balaban J connectivity index is 1.62. The molecule has 0 bridgehead atoms. The summed E-state index contributed by atoms with van der Waals surface area (Å²) >= 11 is 0. The molecule has 4 nitrogen and oxygen atoms in total. The predicted octanol–water partition coefficient (Wildman–Crippen LogP) is 3.68. The van der Waals surface area contributed by atoms with E-state index >= 15 is 0 Å². The minimum Gasteiger partial charge on any atom is -0.378 e. The van der Waals surface area contributed by atoms with E-state index in [-0.39, 0.29) is 11.8 Å². The second-order valence-electron chi connectivity index (χ2n) is 7.37. The number of rotatable bonds is 3. The summed E-state index contributed by atoms with van der Waals surface area (Å²) in [5.74, 6) is 2.83. The van der Waals surface area contributed by atoms with Crippen LogP contribution in [0.3, 0.4) is 0 Å². The van der Waals surface area contributed by atoms with E-state index in [9.17, 15) is 9.59 Å². The zero-order valence-electron chi connectivity index (χ0n) is 15.8. The molecule has 142 valence electrons. The second-order valence-corrected chi connectivity index (χ2v) is 7.37. The summed E-state index contributed by atoms with van der Waals surface area (Å²) in [5, 5.41) is 1.85. The van der Waals surface area contributed by atoms with Gasteiger partial charge in [0.25, 0.3) is 0 Å². The van der Waals surface area contributed by atoms with E-state index in [0.29, 0.717) is 37.4 Å². The molecule has 1 aliphatic carbocycles. The molecule has 2 aromatic rings. The number of carbonyl (C=O) groups excluding carboxylic acids is 2. The SMILES string of the molecule is C#Cc1ccc2ccc(C3=CCCC(C(=O)N4CCOCC4)C3)cc2c1C=O. The van der Waals surface area contributed by atoms with Gasteiger partial charge in [0, 0.05) is 30.1 Å². The predicted molar refractivity (Wildman–Crippen MR) is 110 cm³/mol. The molecular weight excluding hydrogens is 350 g/mol. The fraction of sp³-hybridized carbons (Fsp3) is 0.333. The molecule has 1 amide bonds. The number of benzene rings is 2. The van der Waals surface area contributed by atoms with Crippen molar-refractivity contribution in [2.75, 3.05) is 26.3 Å². The molecule has 0 spiro atoms. The van der Waals surface area contributed by atoms with Crippen LogP contribution >= 0.6 is 0 Å². The number of hydrogen-bond donors (Lipinski definition) is 0. The number of hydrogen-bond acceptors (Lipinski definition) is 3. The maximum absolute atomic E-state index is 12.9. The molecule has 4 heteroatoms. The lowest BCUT2D eigenvalue weighted by atomic mass is 9.84. The van der Waals surface area contributed by atoms with E-state index in [4.69, 9.17) is 11.2 Å². The van der Waals surface area contributed by atoms with E-state index < -0.39 is 0 Å². The maximum atomic E-state index is 12.9. The highest BCUT2D eigenvalue weighted by atomic mass is 16.5. The summed E-state index contributed by atoms with van der Waals surface area (Å²) in [7, 11) is 0. The summed E-state index contributed by atoms with van der Waals surface area (Å²) < 4.78 is 5.36. The van der Waals surface area contributed by atoms with Crippen LogP contribution < -0.4 is 0 Å². The Labute approximate surface area is 165 Å². The summed E-state index contributed by atoms with van der Waals surface area (Å²) in [6, 6.07) is 9.88. The molecule has 0 N–H and O–H groups in total. The lowest BCUT2D eigenvalue weighted by Crippen LogP contribution is -2.44. The second kappa shape index (κ2) is 8.00. The molecule has 1 fully saturated rings. The molecule has 0 saturated carbocycles. The summed E-state index contributed by atoms with van der Waals surface area (Å²) in [6.07, 6.45) is 11.1. The first-order valence-corrected chi connectivity index (χ1v) is 9.75. The van der Waals surface area contributed by atoms with Crippen molar-refractivity contribution in [1.29, 1.82) is 0 Å². The topological polar surface area (TPSA) is 46.6 Å². The van der Waals surface area contributed by atoms with E-state index in [1.54, 1.807) is 0 Å². The molecule has 1 saturated heterocycles. The van der Waals surface area contributed by atoms with Gasteiger partial charge in [-0.15, -0.1) is 6.42 Å². The third kappa shape index (κ3) is 3.46. The first kappa shape index (κ1) is 18.5. The Morgan fingerprint density at radius 2 is 2.00 bits per heavy atom. The van der Waals surface area contributed by atoms with Crippen molar-refractivity contribution < 1.29 is 14.3 Å². The number of carbonyl (C=O) groups is 2. The Morgan fingerprint density at radius 1 is 1.21 bits per heavy atom. The largest absolute Gasteiger partial charge is 0.378 e. The van der Waals surface area contributed by atoms with E-state index in [2.05, 4.69) is 18.1 Å². The number of fused-ring (bicyclic) bond motifs is 1. The number of amides is 1. The maximum Gasteiger partial charge on any atom is 0.226 e. The molecule has 1 unspecified atom stereocenters. The van der Waals surface area contributed by atoms with Gasteiger partial charge in [-0.2, -0.15) is 0 Å². The van der Waals surface area contributed by atoms with Crippen LogP contribution in [-0.2, 0) is 9.53 Å². The van der Waals surface area contributed by atoms with E-state index in [1.807, 2.05) is 29.2 Å². The smallest absolute Gasteiger partial charge is 0.226 e. The van der Waals surface area contributed by atoms with Crippen molar-refractivity contribution in [3.8, 4) is 12.3 Å². The monoisotopic (exact) mass is 373 g/mol. The molecule has 4 rings (SSSR count). The average Bonchev–Trinajstić information content (AvgIpc) is 2.78. The molecule has 0 radical (unpaired) electrons. The van der Waals surface area contributed by atoms with Gasteiger partial charge in [0.2, 0.25) is 5.91 Å². The van der Waals surface area contributed by atoms with Crippen LogP contribution in [-0.4, -0.2) is 43.4 Å². The van der Waals surface area contributed by atoms with Crippen molar-refractivity contribution in [1.82, 2.24) is 4.90 Å². The quantitative estimate of drug-likeness (QED) is 0.609. The zero-order chi connectivity index (χ0) is 19.5. The highest BCUT2D eigenvalue weighted by Crippen LogP contribution is 2.34. The standard InChI is InChI=1S/C24H23NO3/c1-2-17-6-7-18-8-9-20(15-22(18)23(17)16-26)19-4-3-5-21(14-19)24(27)25-10-12-28-13-11-25/h1,4,6-9,15-16,21H,3,5,10-14H2. The lowest BCUT2D eigenvalue weighted by Gasteiger charge is -2.32. The van der Waals surface area contributed by atoms with Crippen LogP contribution in [0.1, 0.15) is 40.7 Å². The molecule has 1 aliphatic heterocycles. The van der Waals surface area contributed by atoms with Gasteiger partial charge < -0.3 is 9.64 Å². The highest BCUT2D eigenvalue weighted by molar-refractivity contribution is 6.01. The van der Waals surface area contributed by atoms with Crippen LogP contribution in [0.15, 0.2) is 36.4 Å². The number of terminal acetylenes is 1. The van der Waals surface area contributed by atoms with Crippen LogP contribution in [0.25, 0.3) is 16.3 Å². The van der Waals surface area contributed by atoms with Crippen LogP contribution in [0.4, 0.5) is 0 Å². The first-order valence-electron chi connectivity index (χ1n) is 9.75. The summed E-state index contributed by atoms with van der Waals surface area (Å²) in [5.41, 5.74) is 3.39. The van der Waals surface area contributed by atoms with Gasteiger partial charge >= 0.3 is 0 Å². The Hall–Kier alpha value is -2.90. The van der Waals surface area contributed by atoms with Crippen molar-refractivity contribution in [3.05, 3.63) is 53.1 Å². The first-order chi connectivity index (χ1) is 13.7. The van der Waals surface area contributed by atoms with Gasteiger partial charge in [0.15, 0.2) is 6.29 Å². The third-order valence-corrected chi connectivity index (χ3v) is 5.75. The molecule has 28 heavy (non-hydrogen) atoms. The van der Waals surface area contributed by atoms with Crippen LogP contribution in [0, 0.1) is 18.3 Å². The normalized spacial score (nSPS) is 19.8. The fourth-order valence-corrected chi connectivity index (χ4v) is 4.19. The summed E-state index contributed by atoms with van der Waals surface area (Å²) in [4.78, 5) is 26.5. The Bertz CT molecular complexity index is 993. The fourth-order valence-electron chi connectivity index (χ4n) is 4.19. The molecule has 2 aliphatic rings.